The van der Waals surface area contributed by atoms with Crippen LogP contribution in [0.1, 0.15) is 79.7 Å². The fraction of sp³-hybridized carbons (Fsp3) is 0.655. The van der Waals surface area contributed by atoms with Gasteiger partial charge in [0.2, 0.25) is 0 Å². The molecule has 0 aromatic heterocycles. The van der Waals surface area contributed by atoms with E-state index in [1.807, 2.05) is 27.7 Å². The van der Waals surface area contributed by atoms with Crippen LogP contribution in [0.15, 0.2) is 18.2 Å². The Bertz CT molecular complexity index is 964. The molecule has 11 nitrogen and oxygen atoms in total. The van der Waals surface area contributed by atoms with Crippen LogP contribution in [0.5, 0.6) is 11.5 Å². The molecule has 1 aromatic carbocycles. The van der Waals surface area contributed by atoms with E-state index in [-0.39, 0.29) is 48.9 Å². The van der Waals surface area contributed by atoms with Crippen LogP contribution in [0.2, 0.25) is 0 Å². The van der Waals surface area contributed by atoms with Crippen molar-refractivity contribution < 1.29 is 47.6 Å². The van der Waals surface area contributed by atoms with Crippen LogP contribution in [0, 0.1) is 11.8 Å². The molecule has 0 spiro atoms. The van der Waals surface area contributed by atoms with E-state index in [9.17, 15) is 19.2 Å². The Kier molecular flexibility index (Phi) is 15.7. The van der Waals surface area contributed by atoms with Crippen LogP contribution >= 0.6 is 0 Å². The second-order valence-corrected chi connectivity index (χ2v) is 10.0. The summed E-state index contributed by atoms with van der Waals surface area (Å²) in [5.74, 6) is -1.41. The summed E-state index contributed by atoms with van der Waals surface area (Å²) in [6.07, 6.45) is -0.302. The summed E-state index contributed by atoms with van der Waals surface area (Å²) in [5, 5.41) is 0. The summed E-state index contributed by atoms with van der Waals surface area (Å²) in [7, 11) is 0. The van der Waals surface area contributed by atoms with Crippen molar-refractivity contribution in [1.29, 1.82) is 0 Å². The van der Waals surface area contributed by atoms with Crippen molar-refractivity contribution in [2.75, 3.05) is 13.2 Å². The molecule has 1 aromatic rings. The first-order chi connectivity index (χ1) is 18.9. The molecular formula is C29H45NO10. The molecule has 2 N–H and O–H groups in total. The third kappa shape index (κ3) is 12.7. The maximum Gasteiger partial charge on any atom is 0.513 e. The number of hydrogen-bond acceptors (Lipinski definition) is 11. The first-order valence-corrected chi connectivity index (χ1v) is 13.9. The van der Waals surface area contributed by atoms with Gasteiger partial charge in [-0.25, -0.2) is 9.59 Å². The number of hydrogen-bond donors (Lipinski definition) is 1. The molecule has 0 bridgehead atoms. The second-order valence-electron chi connectivity index (χ2n) is 10.0. The van der Waals surface area contributed by atoms with E-state index in [2.05, 4.69) is 0 Å². The minimum Gasteiger partial charge on any atom is -0.459 e. The van der Waals surface area contributed by atoms with Gasteiger partial charge in [-0.3, -0.25) is 9.59 Å². The van der Waals surface area contributed by atoms with Gasteiger partial charge in [-0.15, -0.1) is 0 Å². The van der Waals surface area contributed by atoms with Gasteiger partial charge in [0.25, 0.3) is 0 Å². The third-order valence-corrected chi connectivity index (χ3v) is 6.23. The Labute approximate surface area is 236 Å². The van der Waals surface area contributed by atoms with Crippen molar-refractivity contribution in [2.24, 2.45) is 17.6 Å². The summed E-state index contributed by atoms with van der Waals surface area (Å²) < 4.78 is 31.4. The van der Waals surface area contributed by atoms with Crippen molar-refractivity contribution in [2.45, 2.75) is 98.8 Å². The first-order valence-electron chi connectivity index (χ1n) is 13.9. The predicted molar refractivity (Wildman–Crippen MR) is 147 cm³/mol. The summed E-state index contributed by atoms with van der Waals surface area (Å²) in [6.45, 7) is 13.1. The van der Waals surface area contributed by atoms with Crippen molar-refractivity contribution in [3.8, 4) is 11.5 Å². The maximum atomic E-state index is 12.7. The van der Waals surface area contributed by atoms with Gasteiger partial charge in [0.05, 0.1) is 19.1 Å². The molecule has 40 heavy (non-hydrogen) atoms. The fourth-order valence-electron chi connectivity index (χ4n) is 3.04. The Balaban J connectivity index is 2.90. The van der Waals surface area contributed by atoms with Gasteiger partial charge >= 0.3 is 24.2 Å². The number of carbonyl (C=O) groups is 4. The molecule has 11 heteroatoms. The Morgan fingerprint density at radius 2 is 1.25 bits per heavy atom. The van der Waals surface area contributed by atoms with Gasteiger partial charge in [0.15, 0.2) is 11.5 Å². The highest BCUT2D eigenvalue weighted by atomic mass is 16.7. The molecule has 0 saturated carbocycles. The maximum absolute atomic E-state index is 12.7. The minimum atomic E-state index is -1.07. The Hall–Kier alpha value is -3.34. The number of carbonyl (C=O) groups excluding carboxylic acids is 4. The zero-order valence-corrected chi connectivity index (χ0v) is 24.7. The number of nitrogens with two attached hydrogens (primary N) is 1. The summed E-state index contributed by atoms with van der Waals surface area (Å²) in [5.41, 5.74) is 6.59. The molecule has 0 radical (unpaired) electrons. The normalized spacial score (nSPS) is 13.9. The van der Waals surface area contributed by atoms with E-state index in [4.69, 9.17) is 34.2 Å². The topological polar surface area (TPSA) is 150 Å². The van der Waals surface area contributed by atoms with E-state index in [1.54, 1.807) is 26.8 Å². The molecule has 226 valence electrons. The molecule has 1 rings (SSSR count). The fourth-order valence-corrected chi connectivity index (χ4v) is 3.04. The smallest absolute Gasteiger partial charge is 0.459 e. The molecule has 0 heterocycles. The van der Waals surface area contributed by atoms with E-state index in [0.29, 0.717) is 18.4 Å². The third-order valence-electron chi connectivity index (χ3n) is 6.23. The second kappa shape index (κ2) is 18.1. The monoisotopic (exact) mass is 567 g/mol. The van der Waals surface area contributed by atoms with Crippen molar-refractivity contribution in [3.63, 3.8) is 0 Å². The van der Waals surface area contributed by atoms with E-state index in [1.165, 1.54) is 12.1 Å². The van der Waals surface area contributed by atoms with Crippen LogP contribution in [0.4, 0.5) is 9.59 Å². The molecule has 0 aliphatic heterocycles. The van der Waals surface area contributed by atoms with Gasteiger partial charge in [0, 0.05) is 0 Å². The highest BCUT2D eigenvalue weighted by Crippen LogP contribution is 2.30. The minimum absolute atomic E-state index is 0.0204. The van der Waals surface area contributed by atoms with Gasteiger partial charge in [-0.2, -0.15) is 0 Å². The quantitative estimate of drug-likeness (QED) is 0.119. The molecule has 0 saturated heterocycles. The molecule has 0 aliphatic carbocycles. The number of unbranched alkanes of at least 4 members (excludes halogenated alkanes) is 2. The standard InChI is InChI=1S/C29H45NO10/c1-8-10-14-35-28(33)39-24-13-12-22(17-25(24)40-29(34)36-15-11-9-2)16-23(30)27(32)38-21(7)20(6)37-26(31)19(5)18(3)4/h12-13,17-21,23H,8-11,14-16,30H2,1-7H3/t19?,20?,21-,23-/m0/s1. The predicted octanol–water partition coefficient (Wildman–Crippen LogP) is 5.34. The molecule has 0 fully saturated rings. The molecule has 4 atom stereocenters. The van der Waals surface area contributed by atoms with Crippen LogP contribution in [-0.2, 0) is 35.0 Å². The van der Waals surface area contributed by atoms with Gasteiger partial charge in [-0.1, -0.05) is 53.5 Å². The Morgan fingerprint density at radius 3 is 1.75 bits per heavy atom. The van der Waals surface area contributed by atoms with Crippen LogP contribution < -0.4 is 15.2 Å². The number of ether oxygens (including phenoxy) is 6. The van der Waals surface area contributed by atoms with Crippen molar-refractivity contribution in [3.05, 3.63) is 23.8 Å². The summed E-state index contributed by atoms with van der Waals surface area (Å²) >= 11 is 0. The lowest BCUT2D eigenvalue weighted by Gasteiger charge is -2.24. The molecular weight excluding hydrogens is 522 g/mol. The van der Waals surface area contributed by atoms with Crippen molar-refractivity contribution >= 4 is 24.2 Å². The van der Waals surface area contributed by atoms with Gasteiger partial charge < -0.3 is 34.2 Å². The first kappa shape index (κ1) is 34.7. The van der Waals surface area contributed by atoms with Crippen LogP contribution in [0.3, 0.4) is 0 Å². The van der Waals surface area contributed by atoms with Crippen LogP contribution in [0.25, 0.3) is 0 Å². The van der Waals surface area contributed by atoms with Gasteiger partial charge in [-0.05, 0) is 56.7 Å². The molecule has 0 aliphatic rings. The lowest BCUT2D eigenvalue weighted by atomic mass is 9.98. The average molecular weight is 568 g/mol. The lowest BCUT2D eigenvalue weighted by Crippen LogP contribution is -2.40. The van der Waals surface area contributed by atoms with Crippen molar-refractivity contribution in [1.82, 2.24) is 0 Å². The zero-order chi connectivity index (χ0) is 30.2. The SMILES string of the molecule is CCCCOC(=O)Oc1ccc(C[C@H](N)C(=O)O[C@@H](C)C(C)OC(=O)C(C)C(C)C)cc1OC(=O)OCCCC. The zero-order valence-electron chi connectivity index (χ0n) is 24.7. The molecule has 2 unspecified atom stereocenters. The number of rotatable bonds is 16. The molecule has 0 amide bonds. The van der Waals surface area contributed by atoms with E-state index in [0.717, 1.165) is 12.8 Å². The largest absolute Gasteiger partial charge is 0.513 e. The van der Waals surface area contributed by atoms with E-state index >= 15 is 0 Å². The average Bonchev–Trinajstić information content (AvgIpc) is 2.89. The van der Waals surface area contributed by atoms with Crippen LogP contribution in [-0.4, -0.2) is 55.7 Å². The highest BCUT2D eigenvalue weighted by molar-refractivity contribution is 5.76. The summed E-state index contributed by atoms with van der Waals surface area (Å²) in [6, 6.07) is 3.32. The highest BCUT2D eigenvalue weighted by Gasteiger charge is 2.27. The lowest BCUT2D eigenvalue weighted by molar-refractivity contribution is -0.169. The number of benzene rings is 1. The Morgan fingerprint density at radius 1 is 0.750 bits per heavy atom. The number of esters is 2. The van der Waals surface area contributed by atoms with E-state index < -0.39 is 36.5 Å². The van der Waals surface area contributed by atoms with Gasteiger partial charge in [0.1, 0.15) is 18.2 Å². The summed E-state index contributed by atoms with van der Waals surface area (Å²) in [4.78, 5) is 49.1.